The zero-order valence-corrected chi connectivity index (χ0v) is 12.9. The predicted molar refractivity (Wildman–Crippen MR) is 79.9 cm³/mol. The highest BCUT2D eigenvalue weighted by atomic mass is 19.1. The van der Waals surface area contributed by atoms with Gasteiger partial charge in [-0.05, 0) is 43.1 Å². The lowest BCUT2D eigenvalue weighted by atomic mass is 9.86. The fourth-order valence-electron chi connectivity index (χ4n) is 3.98. The minimum atomic E-state index is -1.01. The summed E-state index contributed by atoms with van der Waals surface area (Å²) in [6, 6.07) is 1.56. The maximum atomic E-state index is 13.8. The third kappa shape index (κ3) is 3.21. The van der Waals surface area contributed by atoms with Gasteiger partial charge in [-0.1, -0.05) is 6.42 Å². The van der Waals surface area contributed by atoms with Crippen molar-refractivity contribution in [3.63, 3.8) is 0 Å². The summed E-state index contributed by atoms with van der Waals surface area (Å²) in [4.78, 5) is 23.6. The van der Waals surface area contributed by atoms with Gasteiger partial charge >= 0.3 is 5.97 Å². The summed E-state index contributed by atoms with van der Waals surface area (Å²) >= 11 is 0. The number of ether oxygens (including phenoxy) is 1. The van der Waals surface area contributed by atoms with Crippen LogP contribution in [0.4, 0.5) is 14.5 Å². The molecular weight excluding hydrogens is 304 g/mol. The summed E-state index contributed by atoms with van der Waals surface area (Å²) < 4.78 is 31.8. The molecular formula is C17H19F2NO3. The van der Waals surface area contributed by atoms with Gasteiger partial charge in [-0.3, -0.25) is 4.79 Å². The minimum absolute atomic E-state index is 0.194. The minimum Gasteiger partial charge on any atom is -0.465 e. The van der Waals surface area contributed by atoms with Gasteiger partial charge in [0, 0.05) is 12.5 Å². The molecule has 124 valence electrons. The third-order valence-electron chi connectivity index (χ3n) is 5.07. The van der Waals surface area contributed by atoms with Crippen LogP contribution in [0.1, 0.15) is 42.5 Å². The van der Waals surface area contributed by atoms with Crippen LogP contribution in [0.5, 0.6) is 0 Å². The van der Waals surface area contributed by atoms with E-state index in [0.717, 1.165) is 25.5 Å². The Morgan fingerprint density at radius 3 is 2.61 bits per heavy atom. The molecule has 3 rings (SSSR count). The molecule has 0 aromatic heterocycles. The van der Waals surface area contributed by atoms with Gasteiger partial charge in [0.05, 0.1) is 18.4 Å². The highest BCUT2D eigenvalue weighted by Gasteiger charge is 2.40. The molecule has 2 aliphatic carbocycles. The SMILES string of the molecule is COC(=O)c1cc(NC(=O)CC2CC3CCC2C3)c(F)cc1F. The normalized spacial score (nSPS) is 25.4. The first-order chi connectivity index (χ1) is 11.0. The number of rotatable bonds is 4. The van der Waals surface area contributed by atoms with Gasteiger partial charge in [-0.25, -0.2) is 13.6 Å². The van der Waals surface area contributed by atoms with E-state index in [0.29, 0.717) is 24.3 Å². The number of amides is 1. The number of carbonyl (C=O) groups is 2. The zero-order valence-electron chi connectivity index (χ0n) is 12.9. The summed E-state index contributed by atoms with van der Waals surface area (Å²) in [5, 5.41) is 2.45. The maximum absolute atomic E-state index is 13.8. The first-order valence-electron chi connectivity index (χ1n) is 7.85. The van der Waals surface area contributed by atoms with Gasteiger partial charge in [-0.15, -0.1) is 0 Å². The average Bonchev–Trinajstić information content (AvgIpc) is 3.11. The summed E-state index contributed by atoms with van der Waals surface area (Å²) in [5.74, 6) is -1.47. The van der Waals surface area contributed by atoms with Gasteiger partial charge < -0.3 is 10.1 Å². The second-order valence-corrected chi connectivity index (χ2v) is 6.49. The number of hydrogen-bond donors (Lipinski definition) is 1. The Bertz CT molecular complexity index is 647. The van der Waals surface area contributed by atoms with Crippen molar-refractivity contribution in [2.75, 3.05) is 12.4 Å². The van der Waals surface area contributed by atoms with E-state index in [1.165, 1.54) is 19.3 Å². The van der Waals surface area contributed by atoms with Gasteiger partial charge in [0.1, 0.15) is 11.6 Å². The van der Waals surface area contributed by atoms with Crippen molar-refractivity contribution in [2.24, 2.45) is 17.8 Å². The molecule has 0 aliphatic heterocycles. The molecule has 2 fully saturated rings. The van der Waals surface area contributed by atoms with Crippen molar-refractivity contribution in [2.45, 2.75) is 32.1 Å². The van der Waals surface area contributed by atoms with E-state index < -0.39 is 23.2 Å². The highest BCUT2D eigenvalue weighted by Crippen LogP contribution is 2.49. The topological polar surface area (TPSA) is 55.4 Å². The number of anilines is 1. The molecule has 2 aliphatic rings. The van der Waals surface area contributed by atoms with Crippen molar-refractivity contribution < 1.29 is 23.1 Å². The van der Waals surface area contributed by atoms with Crippen molar-refractivity contribution >= 4 is 17.6 Å². The fourth-order valence-corrected chi connectivity index (χ4v) is 3.98. The molecule has 23 heavy (non-hydrogen) atoms. The number of fused-ring (bicyclic) bond motifs is 2. The number of nitrogens with one attached hydrogen (secondary N) is 1. The van der Waals surface area contributed by atoms with Crippen molar-refractivity contribution in [1.82, 2.24) is 0 Å². The molecule has 6 heteroatoms. The molecule has 1 aromatic rings. The third-order valence-corrected chi connectivity index (χ3v) is 5.07. The van der Waals surface area contributed by atoms with Crippen LogP contribution in [0.25, 0.3) is 0 Å². The van der Waals surface area contributed by atoms with Crippen LogP contribution < -0.4 is 5.32 Å². The summed E-state index contributed by atoms with van der Waals surface area (Å²) in [6.07, 6.45) is 5.00. The number of methoxy groups -OCH3 is 1. The van der Waals surface area contributed by atoms with Crippen LogP contribution in [0.2, 0.25) is 0 Å². The Hall–Kier alpha value is -1.98. The Balaban J connectivity index is 1.69. The molecule has 1 amide bonds. The summed E-state index contributed by atoms with van der Waals surface area (Å²) in [7, 11) is 1.11. The van der Waals surface area contributed by atoms with E-state index in [-0.39, 0.29) is 11.6 Å². The molecule has 2 bridgehead atoms. The van der Waals surface area contributed by atoms with Crippen LogP contribution in [0, 0.1) is 29.4 Å². The lowest BCUT2D eigenvalue weighted by Gasteiger charge is -2.21. The van der Waals surface area contributed by atoms with E-state index in [4.69, 9.17) is 0 Å². The molecule has 2 saturated carbocycles. The Morgan fingerprint density at radius 2 is 2.00 bits per heavy atom. The Labute approximate surface area is 133 Å². The molecule has 0 saturated heterocycles. The van der Waals surface area contributed by atoms with Gasteiger partial charge in [0.15, 0.2) is 0 Å². The van der Waals surface area contributed by atoms with Gasteiger partial charge in [0.25, 0.3) is 0 Å². The molecule has 0 radical (unpaired) electrons. The summed E-state index contributed by atoms with van der Waals surface area (Å²) in [5.41, 5.74) is -0.593. The number of esters is 1. The predicted octanol–water partition coefficient (Wildman–Crippen LogP) is 3.52. The Kier molecular flexibility index (Phi) is 4.33. The van der Waals surface area contributed by atoms with E-state index in [1.54, 1.807) is 0 Å². The second-order valence-electron chi connectivity index (χ2n) is 6.49. The number of hydrogen-bond acceptors (Lipinski definition) is 3. The van der Waals surface area contributed by atoms with Crippen LogP contribution in [0.15, 0.2) is 12.1 Å². The average molecular weight is 323 g/mol. The highest BCUT2D eigenvalue weighted by molar-refractivity contribution is 5.95. The standard InChI is InChI=1S/C17H19F2NO3/c1-23-17(22)12-7-15(14(19)8-13(12)18)20-16(21)6-11-5-9-2-3-10(11)4-9/h7-11H,2-6H2,1H3,(H,20,21). The summed E-state index contributed by atoms with van der Waals surface area (Å²) in [6.45, 7) is 0. The smallest absolute Gasteiger partial charge is 0.340 e. The molecule has 0 heterocycles. The van der Waals surface area contributed by atoms with E-state index >= 15 is 0 Å². The van der Waals surface area contributed by atoms with Crippen LogP contribution in [-0.4, -0.2) is 19.0 Å². The van der Waals surface area contributed by atoms with Crippen molar-refractivity contribution in [1.29, 1.82) is 0 Å². The van der Waals surface area contributed by atoms with Crippen LogP contribution in [0.3, 0.4) is 0 Å². The zero-order chi connectivity index (χ0) is 16.6. The van der Waals surface area contributed by atoms with E-state index in [2.05, 4.69) is 10.1 Å². The van der Waals surface area contributed by atoms with Crippen molar-refractivity contribution in [3.05, 3.63) is 29.3 Å². The lowest BCUT2D eigenvalue weighted by molar-refractivity contribution is -0.117. The quantitative estimate of drug-likeness (QED) is 0.863. The van der Waals surface area contributed by atoms with E-state index in [9.17, 15) is 18.4 Å². The fraction of sp³-hybridized carbons (Fsp3) is 0.529. The van der Waals surface area contributed by atoms with E-state index in [1.807, 2.05) is 0 Å². The molecule has 3 unspecified atom stereocenters. The molecule has 4 nitrogen and oxygen atoms in total. The lowest BCUT2D eigenvalue weighted by Crippen LogP contribution is -2.21. The monoisotopic (exact) mass is 323 g/mol. The first-order valence-corrected chi connectivity index (χ1v) is 7.85. The van der Waals surface area contributed by atoms with Crippen molar-refractivity contribution in [3.8, 4) is 0 Å². The molecule has 1 aromatic carbocycles. The number of carbonyl (C=O) groups excluding carboxylic acids is 2. The largest absolute Gasteiger partial charge is 0.465 e. The van der Waals surface area contributed by atoms with Gasteiger partial charge in [0.2, 0.25) is 5.91 Å². The molecule has 3 atom stereocenters. The maximum Gasteiger partial charge on any atom is 0.340 e. The van der Waals surface area contributed by atoms with Crippen LogP contribution in [-0.2, 0) is 9.53 Å². The second kappa shape index (κ2) is 6.26. The number of halogens is 2. The van der Waals surface area contributed by atoms with Gasteiger partial charge in [-0.2, -0.15) is 0 Å². The molecule has 0 spiro atoms. The molecule has 1 N–H and O–H groups in total. The first kappa shape index (κ1) is 15.9. The number of benzene rings is 1. The van der Waals surface area contributed by atoms with Crippen LogP contribution >= 0.6 is 0 Å². The Morgan fingerprint density at radius 1 is 1.22 bits per heavy atom.